The van der Waals surface area contributed by atoms with Crippen LogP contribution in [0, 0.1) is 30.6 Å². The number of aromatic hydroxyl groups is 1. The number of nitrogens with one attached hydrogen (secondary N) is 1. The molecule has 0 aliphatic carbocycles. The zero-order valence-electron chi connectivity index (χ0n) is 33.0. The monoisotopic (exact) mass is 768 g/mol. The summed E-state index contributed by atoms with van der Waals surface area (Å²) in [6, 6.07) is 4.28. The number of allylic oxidation sites excluding steroid dienone is 3. The molecule has 56 heavy (non-hydrogen) atoms. The molecule has 0 saturated heterocycles. The van der Waals surface area contributed by atoms with Gasteiger partial charge in [0.2, 0.25) is 10.9 Å². The van der Waals surface area contributed by atoms with Crippen molar-refractivity contribution < 1.29 is 43.2 Å². The van der Waals surface area contributed by atoms with Crippen LogP contribution in [0.5, 0.6) is 11.5 Å². The summed E-state index contributed by atoms with van der Waals surface area (Å²) in [4.78, 5) is 58.1. The van der Waals surface area contributed by atoms with Gasteiger partial charge < -0.3 is 38.9 Å². The minimum absolute atomic E-state index is 0.00182. The lowest BCUT2D eigenvalue weighted by Crippen LogP contribution is -2.38. The number of rotatable bonds is 2. The number of carbonyl (C=O) groups excluding carboxylic acids is 2. The molecular formula is C43H48N2O11. The van der Waals surface area contributed by atoms with Gasteiger partial charge in [0.05, 0.1) is 23.0 Å². The average molecular weight is 769 g/mol. The van der Waals surface area contributed by atoms with Gasteiger partial charge >= 0.3 is 11.8 Å². The van der Waals surface area contributed by atoms with E-state index in [1.165, 1.54) is 52.3 Å². The molecule has 3 aromatic carbocycles. The molecule has 4 aromatic rings. The van der Waals surface area contributed by atoms with Gasteiger partial charge in [-0.15, -0.1) is 0 Å². The largest absolute Gasteiger partial charge is 0.507 e. The molecule has 6 rings (SSSR count). The number of phenols is 1. The van der Waals surface area contributed by atoms with Gasteiger partial charge in [-0.3, -0.25) is 19.2 Å². The number of anilines is 1. The summed E-state index contributed by atoms with van der Waals surface area (Å²) in [6.07, 6.45) is 8.85. The van der Waals surface area contributed by atoms with Crippen molar-refractivity contribution >= 4 is 56.3 Å². The molecule has 2 aliphatic heterocycles. The molecule has 1 aromatic heterocycles. The van der Waals surface area contributed by atoms with Gasteiger partial charge in [-0.05, 0) is 62.7 Å². The van der Waals surface area contributed by atoms with Crippen molar-refractivity contribution in [2.75, 3.05) is 12.4 Å². The molecule has 0 spiro atoms. The third-order valence-electron chi connectivity index (χ3n) is 10.8. The van der Waals surface area contributed by atoms with Crippen molar-refractivity contribution in [3.05, 3.63) is 85.6 Å². The maximum absolute atomic E-state index is 14.5. The summed E-state index contributed by atoms with van der Waals surface area (Å²) in [5, 5.41) is 25.9. The molecule has 0 radical (unpaired) electrons. The molecule has 0 saturated carbocycles. The summed E-state index contributed by atoms with van der Waals surface area (Å²) in [7, 11) is 1.53. The molecule has 0 fully saturated rings. The zero-order valence-corrected chi connectivity index (χ0v) is 33.0. The number of aliphatic hydroxyl groups is 1. The highest BCUT2D eigenvalue weighted by Gasteiger charge is 2.43. The van der Waals surface area contributed by atoms with Crippen molar-refractivity contribution in [1.82, 2.24) is 4.98 Å². The van der Waals surface area contributed by atoms with Crippen molar-refractivity contribution in [2.45, 2.75) is 86.2 Å². The Morgan fingerprint density at radius 1 is 1.02 bits per heavy atom. The first-order valence-electron chi connectivity index (χ1n) is 18.7. The number of aliphatic hydroxyl groups excluding tert-OH is 1. The Balaban J connectivity index is 1.62. The third kappa shape index (κ3) is 7.23. The minimum atomic E-state index is -1.89. The van der Waals surface area contributed by atoms with Crippen LogP contribution in [0.4, 0.5) is 5.69 Å². The Kier molecular flexibility index (Phi) is 11.0. The van der Waals surface area contributed by atoms with Crippen LogP contribution in [0.3, 0.4) is 0 Å². The average Bonchev–Trinajstić information content (AvgIpc) is 3.40. The number of amides is 1. The summed E-state index contributed by atoms with van der Waals surface area (Å²) in [5.41, 5.74) is -1.54. The van der Waals surface area contributed by atoms with E-state index in [1.807, 2.05) is 19.9 Å². The van der Waals surface area contributed by atoms with Gasteiger partial charge in [0.25, 0.3) is 5.91 Å². The van der Waals surface area contributed by atoms with Gasteiger partial charge in [-0.1, -0.05) is 52.0 Å². The molecule has 4 bridgehead atoms. The maximum Gasteiger partial charge on any atom is 0.307 e. The first kappa shape index (κ1) is 40.0. The lowest BCUT2D eigenvalue weighted by atomic mass is 9.82. The molecule has 7 atom stereocenters. The Hall–Kier alpha value is -5.69. The van der Waals surface area contributed by atoms with Crippen LogP contribution in [-0.2, 0) is 23.8 Å². The van der Waals surface area contributed by atoms with Gasteiger partial charge in [0.15, 0.2) is 22.4 Å². The highest BCUT2D eigenvalue weighted by Crippen LogP contribution is 2.42. The number of hydrogen-bond donors (Lipinski definition) is 3. The highest BCUT2D eigenvalue weighted by atomic mass is 16.7. The number of phenolic OH excluding ortho intramolecular Hbond substituents is 1. The van der Waals surface area contributed by atoms with E-state index in [2.05, 4.69) is 24.1 Å². The lowest BCUT2D eigenvalue weighted by molar-refractivity contribution is -0.155. The minimum Gasteiger partial charge on any atom is -0.507 e. The van der Waals surface area contributed by atoms with Crippen molar-refractivity contribution in [2.24, 2.45) is 23.7 Å². The number of hydrogen-bond acceptors (Lipinski definition) is 12. The number of para-hydroxylation sites is 1. The molecule has 3 N–H and O–H groups in total. The first-order valence-corrected chi connectivity index (χ1v) is 18.7. The van der Waals surface area contributed by atoms with E-state index in [0.29, 0.717) is 0 Å². The second kappa shape index (κ2) is 15.4. The number of fused-ring (bicyclic) bond motifs is 2. The predicted molar refractivity (Wildman–Crippen MR) is 212 cm³/mol. The summed E-state index contributed by atoms with van der Waals surface area (Å²) in [6.45, 7) is 14.1. The number of esters is 1. The van der Waals surface area contributed by atoms with Crippen LogP contribution in [0.25, 0.3) is 38.7 Å². The fraction of sp³-hybridized carbons (Fsp3) is 0.419. The van der Waals surface area contributed by atoms with Crippen LogP contribution in [0.1, 0.15) is 66.9 Å². The third-order valence-corrected chi connectivity index (χ3v) is 10.8. The Labute approximate surface area is 323 Å². The summed E-state index contributed by atoms with van der Waals surface area (Å²) < 4.78 is 30.2. The van der Waals surface area contributed by atoms with E-state index in [1.54, 1.807) is 25.2 Å². The SMILES string of the molecule is CO[C@H]1/C=C/O[C@@]2(C)Oc3c(C)c(O)c4c(=O)c(c5oc6cccc(=O)c6nc5c4c3=C2O)NC(=O)/C(C)=C\C=C\[C@H](C)C[C@@H](C)C[C@@H](C)[C@H](OC(C)=O)[C@@H]1C. The van der Waals surface area contributed by atoms with Gasteiger partial charge in [-0.2, -0.15) is 0 Å². The summed E-state index contributed by atoms with van der Waals surface area (Å²) in [5.74, 6) is -3.85. The number of aromatic nitrogens is 1. The van der Waals surface area contributed by atoms with E-state index in [4.69, 9.17) is 23.4 Å². The smallest absolute Gasteiger partial charge is 0.307 e. The maximum atomic E-state index is 14.5. The molecule has 2 aliphatic rings. The van der Waals surface area contributed by atoms with Crippen LogP contribution < -0.4 is 26.1 Å². The van der Waals surface area contributed by atoms with Crippen molar-refractivity contribution in [3.8, 4) is 11.5 Å². The topological polar surface area (TPSA) is 184 Å². The first-order chi connectivity index (χ1) is 26.5. The fourth-order valence-electron chi connectivity index (χ4n) is 7.99. The number of nitrogens with zero attached hydrogens (tertiary/aromatic N) is 1. The molecule has 13 nitrogen and oxygen atoms in total. The van der Waals surface area contributed by atoms with Gasteiger partial charge in [0, 0.05) is 43.4 Å². The van der Waals surface area contributed by atoms with Crippen LogP contribution >= 0.6 is 0 Å². The number of carbonyl (C=O) groups is 2. The number of benzene rings is 3. The van der Waals surface area contributed by atoms with Crippen LogP contribution in [0.2, 0.25) is 0 Å². The Morgan fingerprint density at radius 2 is 1.75 bits per heavy atom. The van der Waals surface area contributed by atoms with E-state index in [-0.39, 0.29) is 84.4 Å². The van der Waals surface area contributed by atoms with Crippen LogP contribution in [-0.4, -0.2) is 52.2 Å². The van der Waals surface area contributed by atoms with Crippen molar-refractivity contribution in [3.63, 3.8) is 0 Å². The standard InChI is InChI=1S/C43H48N2O11/c1-20-12-10-13-22(3)42(51)45-35-37(49)31-30(34-40(35)55-29-15-11-14-27(47)33(29)44-34)32-39(25(6)36(31)48)56-43(8,41(32)50)53-17-16-28(52-9)24(5)38(54-26(7)46)23(4)19-21(2)18-20/h10-17,20-21,23-24,28,38,48,50H,18-19H2,1-9H3,(H,45,51)/b12-10+,17-16+,22-13-/t20-,21+,23+,24+,28-,38-,43-/m0/s1. The van der Waals surface area contributed by atoms with Gasteiger partial charge in [0.1, 0.15) is 28.8 Å². The molecular weight excluding hydrogens is 720 g/mol. The number of ether oxygens (including phenoxy) is 4. The lowest BCUT2D eigenvalue weighted by Gasteiger charge is -2.34. The van der Waals surface area contributed by atoms with E-state index < -0.39 is 52.2 Å². The molecule has 296 valence electrons. The second-order valence-corrected chi connectivity index (χ2v) is 15.3. The molecule has 3 heterocycles. The predicted octanol–water partition coefficient (Wildman–Crippen LogP) is 6.62. The number of methoxy groups -OCH3 is 1. The summed E-state index contributed by atoms with van der Waals surface area (Å²) >= 11 is 0. The quantitative estimate of drug-likeness (QED) is 0.113. The molecule has 13 heteroatoms. The van der Waals surface area contributed by atoms with Crippen molar-refractivity contribution in [1.29, 1.82) is 0 Å². The molecule has 0 unspecified atom stereocenters. The van der Waals surface area contributed by atoms with E-state index in [9.17, 15) is 29.4 Å². The normalized spacial score (nSPS) is 28.4. The second-order valence-electron chi connectivity index (χ2n) is 15.3. The Morgan fingerprint density at radius 3 is 2.45 bits per heavy atom. The van der Waals surface area contributed by atoms with Crippen LogP contribution in [0.15, 0.2) is 68.3 Å². The van der Waals surface area contributed by atoms with E-state index >= 15 is 0 Å². The Bertz CT molecular complexity index is 2520. The zero-order chi connectivity index (χ0) is 40.8. The molecule has 1 amide bonds. The highest BCUT2D eigenvalue weighted by molar-refractivity contribution is 6.16. The van der Waals surface area contributed by atoms with E-state index in [0.717, 1.165) is 12.8 Å². The fourth-order valence-corrected chi connectivity index (χ4v) is 7.99. The van der Waals surface area contributed by atoms with Gasteiger partial charge in [-0.25, -0.2) is 4.98 Å².